The van der Waals surface area contributed by atoms with Crippen molar-refractivity contribution in [2.75, 3.05) is 5.32 Å². The molecular formula is C19H15NO4S. The zero-order valence-corrected chi connectivity index (χ0v) is 14.2. The number of aromatic carboxylic acids is 1. The Morgan fingerprint density at radius 1 is 1.20 bits per heavy atom. The molecule has 0 aliphatic rings. The number of amides is 1. The van der Waals surface area contributed by atoms with Crippen molar-refractivity contribution in [1.82, 2.24) is 0 Å². The molecule has 0 saturated carbocycles. The van der Waals surface area contributed by atoms with Gasteiger partial charge in [0, 0.05) is 17.0 Å². The molecule has 126 valence electrons. The summed E-state index contributed by atoms with van der Waals surface area (Å²) in [6, 6.07) is 11.0. The lowest BCUT2D eigenvalue weighted by Crippen LogP contribution is -2.10. The van der Waals surface area contributed by atoms with Crippen LogP contribution in [0.5, 0.6) is 0 Å². The summed E-state index contributed by atoms with van der Waals surface area (Å²) in [6.45, 7) is 1.96. The summed E-state index contributed by atoms with van der Waals surface area (Å²) in [5.74, 6) is -0.960. The summed E-state index contributed by atoms with van der Waals surface area (Å²) >= 11 is 1.19. The Hall–Kier alpha value is -3.12. The SMILES string of the molecule is Cc1ccc(-c2csc(NC(=O)C=Cc3ccco3)c2C(=O)O)cc1. The van der Waals surface area contributed by atoms with Crippen LogP contribution in [0, 0.1) is 6.92 Å². The minimum atomic E-state index is -1.08. The summed E-state index contributed by atoms with van der Waals surface area (Å²) in [5, 5.41) is 14.2. The molecule has 5 nitrogen and oxygen atoms in total. The van der Waals surface area contributed by atoms with E-state index in [1.165, 1.54) is 29.8 Å². The van der Waals surface area contributed by atoms with Gasteiger partial charge in [-0.2, -0.15) is 0 Å². The third kappa shape index (κ3) is 3.87. The zero-order valence-electron chi connectivity index (χ0n) is 13.4. The second-order valence-electron chi connectivity index (χ2n) is 5.36. The van der Waals surface area contributed by atoms with Gasteiger partial charge in [-0.3, -0.25) is 4.79 Å². The van der Waals surface area contributed by atoms with Crippen molar-refractivity contribution in [3.63, 3.8) is 0 Å². The highest BCUT2D eigenvalue weighted by atomic mass is 32.1. The number of hydrogen-bond acceptors (Lipinski definition) is 4. The predicted molar refractivity (Wildman–Crippen MR) is 97.8 cm³/mol. The number of anilines is 1. The number of hydrogen-bond donors (Lipinski definition) is 2. The van der Waals surface area contributed by atoms with Crippen molar-refractivity contribution >= 4 is 34.3 Å². The summed E-state index contributed by atoms with van der Waals surface area (Å²) in [5.41, 5.74) is 2.56. The minimum absolute atomic E-state index is 0.0913. The summed E-state index contributed by atoms with van der Waals surface area (Å²) in [6.07, 6.45) is 4.33. The van der Waals surface area contributed by atoms with Gasteiger partial charge in [-0.05, 0) is 30.7 Å². The molecule has 6 heteroatoms. The van der Waals surface area contributed by atoms with Crippen molar-refractivity contribution in [1.29, 1.82) is 0 Å². The molecule has 1 amide bonds. The van der Waals surface area contributed by atoms with E-state index in [1.807, 2.05) is 31.2 Å². The van der Waals surface area contributed by atoms with Gasteiger partial charge in [-0.15, -0.1) is 11.3 Å². The molecule has 3 rings (SSSR count). The standard InChI is InChI=1S/C19H15NO4S/c1-12-4-6-13(7-5-12)15-11-25-18(17(15)19(22)23)20-16(21)9-8-14-3-2-10-24-14/h2-11H,1H3,(H,20,21)(H,22,23). The van der Waals surface area contributed by atoms with Gasteiger partial charge in [0.1, 0.15) is 16.3 Å². The molecular weight excluding hydrogens is 338 g/mol. The first-order valence-corrected chi connectivity index (χ1v) is 8.37. The van der Waals surface area contributed by atoms with Gasteiger partial charge in [0.05, 0.1) is 6.26 Å². The van der Waals surface area contributed by atoms with E-state index in [2.05, 4.69) is 5.32 Å². The Balaban J connectivity index is 1.85. The average molecular weight is 353 g/mol. The van der Waals surface area contributed by atoms with Gasteiger partial charge in [-0.25, -0.2) is 4.79 Å². The number of carbonyl (C=O) groups excluding carboxylic acids is 1. The average Bonchev–Trinajstić information content (AvgIpc) is 3.23. The molecule has 2 N–H and O–H groups in total. The number of carboxylic acids is 1. The van der Waals surface area contributed by atoms with Crippen LogP contribution in [0.1, 0.15) is 21.7 Å². The second-order valence-corrected chi connectivity index (χ2v) is 6.24. The monoisotopic (exact) mass is 353 g/mol. The topological polar surface area (TPSA) is 79.5 Å². The fourth-order valence-corrected chi connectivity index (χ4v) is 3.27. The molecule has 0 aliphatic carbocycles. The van der Waals surface area contributed by atoms with Gasteiger partial charge >= 0.3 is 5.97 Å². The number of carbonyl (C=O) groups is 2. The van der Waals surface area contributed by atoms with E-state index in [4.69, 9.17) is 4.42 Å². The molecule has 0 unspecified atom stereocenters. The number of carboxylic acid groups (broad SMARTS) is 1. The van der Waals surface area contributed by atoms with Crippen molar-refractivity contribution in [3.8, 4) is 11.1 Å². The molecule has 1 aromatic carbocycles. The molecule has 2 heterocycles. The fraction of sp³-hybridized carbons (Fsp3) is 0.0526. The summed E-state index contributed by atoms with van der Waals surface area (Å²) in [4.78, 5) is 23.7. The Morgan fingerprint density at radius 2 is 1.96 bits per heavy atom. The van der Waals surface area contributed by atoms with Crippen LogP contribution < -0.4 is 5.32 Å². The third-order valence-electron chi connectivity index (χ3n) is 3.55. The smallest absolute Gasteiger partial charge is 0.339 e. The highest BCUT2D eigenvalue weighted by molar-refractivity contribution is 7.15. The van der Waals surface area contributed by atoms with E-state index in [-0.39, 0.29) is 5.56 Å². The highest BCUT2D eigenvalue weighted by Gasteiger charge is 2.20. The van der Waals surface area contributed by atoms with Crippen LogP contribution in [0.15, 0.2) is 58.5 Å². The van der Waals surface area contributed by atoms with E-state index in [0.29, 0.717) is 16.3 Å². The number of furan rings is 1. The van der Waals surface area contributed by atoms with E-state index in [1.54, 1.807) is 17.5 Å². The molecule has 25 heavy (non-hydrogen) atoms. The van der Waals surface area contributed by atoms with Crippen molar-refractivity contribution in [2.24, 2.45) is 0 Å². The maximum Gasteiger partial charge on any atom is 0.339 e. The number of aryl methyl sites for hydroxylation is 1. The second kappa shape index (κ2) is 7.19. The van der Waals surface area contributed by atoms with Gasteiger partial charge in [0.2, 0.25) is 5.91 Å². The molecule has 0 spiro atoms. The van der Waals surface area contributed by atoms with Crippen LogP contribution in [-0.2, 0) is 4.79 Å². The van der Waals surface area contributed by atoms with Crippen LogP contribution in [0.3, 0.4) is 0 Å². The van der Waals surface area contributed by atoms with Gasteiger partial charge in [0.25, 0.3) is 0 Å². The van der Waals surface area contributed by atoms with Crippen molar-refractivity contribution < 1.29 is 19.1 Å². The predicted octanol–water partition coefficient (Wildman–Crippen LogP) is 4.67. The lowest BCUT2D eigenvalue weighted by Gasteiger charge is -2.04. The first-order chi connectivity index (χ1) is 12.0. The quantitative estimate of drug-likeness (QED) is 0.654. The Kier molecular flexibility index (Phi) is 4.81. The number of rotatable bonds is 5. The largest absolute Gasteiger partial charge is 0.478 e. The molecule has 0 aliphatic heterocycles. The van der Waals surface area contributed by atoms with Crippen LogP contribution in [0.25, 0.3) is 17.2 Å². The number of benzene rings is 1. The van der Waals surface area contributed by atoms with E-state index in [0.717, 1.165) is 11.1 Å². The van der Waals surface area contributed by atoms with Crippen LogP contribution >= 0.6 is 11.3 Å². The number of nitrogens with one attached hydrogen (secondary N) is 1. The van der Waals surface area contributed by atoms with Crippen LogP contribution in [0.2, 0.25) is 0 Å². The van der Waals surface area contributed by atoms with Gasteiger partial charge < -0.3 is 14.8 Å². The van der Waals surface area contributed by atoms with Crippen LogP contribution in [0.4, 0.5) is 5.00 Å². The van der Waals surface area contributed by atoms with Gasteiger partial charge in [0.15, 0.2) is 0 Å². The molecule has 3 aromatic rings. The van der Waals surface area contributed by atoms with Gasteiger partial charge in [-0.1, -0.05) is 29.8 Å². The lowest BCUT2D eigenvalue weighted by molar-refractivity contribution is -0.111. The minimum Gasteiger partial charge on any atom is -0.478 e. The van der Waals surface area contributed by atoms with Crippen molar-refractivity contribution in [2.45, 2.75) is 6.92 Å². The van der Waals surface area contributed by atoms with Crippen LogP contribution in [-0.4, -0.2) is 17.0 Å². The lowest BCUT2D eigenvalue weighted by atomic mass is 10.0. The maximum atomic E-state index is 12.0. The molecule has 0 saturated heterocycles. The molecule has 0 bridgehead atoms. The maximum absolute atomic E-state index is 12.0. The first-order valence-electron chi connectivity index (χ1n) is 7.49. The highest BCUT2D eigenvalue weighted by Crippen LogP contribution is 2.35. The summed E-state index contributed by atoms with van der Waals surface area (Å²) in [7, 11) is 0. The normalized spacial score (nSPS) is 10.9. The Morgan fingerprint density at radius 3 is 2.60 bits per heavy atom. The Labute approximate surface area is 148 Å². The van der Waals surface area contributed by atoms with E-state index in [9.17, 15) is 14.7 Å². The molecule has 0 fully saturated rings. The fourth-order valence-electron chi connectivity index (χ4n) is 2.31. The molecule has 0 atom stereocenters. The number of thiophene rings is 1. The van der Waals surface area contributed by atoms with E-state index < -0.39 is 11.9 Å². The molecule has 0 radical (unpaired) electrons. The summed E-state index contributed by atoms with van der Waals surface area (Å²) < 4.78 is 5.11. The third-order valence-corrected chi connectivity index (χ3v) is 4.44. The first kappa shape index (κ1) is 16.7. The van der Waals surface area contributed by atoms with Crippen molar-refractivity contribution in [3.05, 3.63) is 71.0 Å². The Bertz CT molecular complexity index is 921. The zero-order chi connectivity index (χ0) is 17.8. The molecule has 2 aromatic heterocycles. The van der Waals surface area contributed by atoms with E-state index >= 15 is 0 Å².